The van der Waals surface area contributed by atoms with E-state index in [-0.39, 0.29) is 17.9 Å². The van der Waals surface area contributed by atoms with Gasteiger partial charge in [0.2, 0.25) is 0 Å². The van der Waals surface area contributed by atoms with Gasteiger partial charge in [0.25, 0.3) is 11.8 Å². The molecule has 6 nitrogen and oxygen atoms in total. The second kappa shape index (κ2) is 9.92. The molecule has 0 radical (unpaired) electrons. The Morgan fingerprint density at radius 2 is 1.77 bits per heavy atom. The first kappa shape index (κ1) is 21.3. The summed E-state index contributed by atoms with van der Waals surface area (Å²) in [5.41, 5.74) is 2.30. The quantitative estimate of drug-likeness (QED) is 0.735. The number of hydrogen-bond donors (Lipinski definition) is 2. The third-order valence-electron chi connectivity index (χ3n) is 5.82. The summed E-state index contributed by atoms with van der Waals surface area (Å²) in [4.78, 5) is 27.8. The highest BCUT2D eigenvalue weighted by Crippen LogP contribution is 2.28. The van der Waals surface area contributed by atoms with Crippen LogP contribution in [-0.4, -0.2) is 44.2 Å². The second-order valence-corrected chi connectivity index (χ2v) is 8.09. The molecule has 0 bridgehead atoms. The van der Waals surface area contributed by atoms with Crippen molar-refractivity contribution in [3.05, 3.63) is 59.4 Å². The Morgan fingerprint density at radius 1 is 1.00 bits per heavy atom. The Morgan fingerprint density at radius 3 is 2.48 bits per heavy atom. The van der Waals surface area contributed by atoms with E-state index in [1.165, 1.54) is 30.7 Å². The normalized spacial score (nSPS) is 18.6. The maximum atomic E-state index is 13.1. The molecule has 7 heteroatoms. The van der Waals surface area contributed by atoms with Gasteiger partial charge in [-0.1, -0.05) is 0 Å². The van der Waals surface area contributed by atoms with Gasteiger partial charge in [-0.25, -0.2) is 4.39 Å². The predicted molar refractivity (Wildman–Crippen MR) is 118 cm³/mol. The molecule has 2 heterocycles. The van der Waals surface area contributed by atoms with Crippen molar-refractivity contribution in [2.24, 2.45) is 0 Å². The molecule has 0 aliphatic carbocycles. The SMILES string of the molecule is O=C(Nc1ccc(N2CCCCC2)c(C(=O)NCC2CCCO2)c1)c1ccc(F)cc1. The van der Waals surface area contributed by atoms with Gasteiger partial charge in [0.15, 0.2) is 0 Å². The van der Waals surface area contributed by atoms with E-state index >= 15 is 0 Å². The van der Waals surface area contributed by atoms with Crippen molar-refractivity contribution >= 4 is 23.2 Å². The lowest BCUT2D eigenvalue weighted by molar-refractivity contribution is 0.0858. The maximum absolute atomic E-state index is 13.1. The summed E-state index contributed by atoms with van der Waals surface area (Å²) in [5, 5.41) is 5.81. The monoisotopic (exact) mass is 425 g/mol. The second-order valence-electron chi connectivity index (χ2n) is 8.09. The average Bonchev–Trinajstić information content (AvgIpc) is 3.32. The van der Waals surface area contributed by atoms with Gasteiger partial charge in [0, 0.05) is 43.2 Å². The molecule has 2 N–H and O–H groups in total. The maximum Gasteiger partial charge on any atom is 0.255 e. The predicted octanol–water partition coefficient (Wildman–Crippen LogP) is 3.98. The van der Waals surface area contributed by atoms with Crippen LogP contribution in [0, 0.1) is 5.82 Å². The number of hydrogen-bond acceptors (Lipinski definition) is 4. The fourth-order valence-electron chi connectivity index (χ4n) is 4.12. The molecule has 2 aromatic rings. The Bertz CT molecular complexity index is 920. The summed E-state index contributed by atoms with van der Waals surface area (Å²) < 4.78 is 18.7. The Labute approximate surface area is 181 Å². The average molecular weight is 426 g/mol. The van der Waals surface area contributed by atoms with Gasteiger partial charge in [-0.2, -0.15) is 0 Å². The minimum absolute atomic E-state index is 0.0590. The molecular weight excluding hydrogens is 397 g/mol. The molecule has 31 heavy (non-hydrogen) atoms. The van der Waals surface area contributed by atoms with Gasteiger partial charge in [-0.05, 0) is 74.6 Å². The number of carbonyl (C=O) groups excluding carboxylic acids is 2. The Balaban J connectivity index is 1.53. The lowest BCUT2D eigenvalue weighted by atomic mass is 10.1. The third-order valence-corrected chi connectivity index (χ3v) is 5.82. The fraction of sp³-hybridized carbons (Fsp3) is 0.417. The van der Waals surface area contributed by atoms with Gasteiger partial charge in [-0.3, -0.25) is 9.59 Å². The summed E-state index contributed by atoms with van der Waals surface area (Å²) >= 11 is 0. The first-order chi connectivity index (χ1) is 15.1. The van der Waals surface area contributed by atoms with Crippen LogP contribution in [0.15, 0.2) is 42.5 Å². The van der Waals surface area contributed by atoms with Crippen LogP contribution in [0.4, 0.5) is 15.8 Å². The zero-order valence-electron chi connectivity index (χ0n) is 17.5. The molecule has 0 spiro atoms. The Hall–Kier alpha value is -2.93. The van der Waals surface area contributed by atoms with Crippen LogP contribution in [0.3, 0.4) is 0 Å². The van der Waals surface area contributed by atoms with Crippen molar-refractivity contribution in [3.63, 3.8) is 0 Å². The highest BCUT2D eigenvalue weighted by Gasteiger charge is 2.22. The number of ether oxygens (including phenoxy) is 1. The van der Waals surface area contributed by atoms with E-state index in [4.69, 9.17) is 4.74 Å². The summed E-state index contributed by atoms with van der Waals surface area (Å²) in [5.74, 6) is -0.918. The van der Waals surface area contributed by atoms with E-state index < -0.39 is 5.82 Å². The topological polar surface area (TPSA) is 70.7 Å². The molecule has 2 aromatic carbocycles. The zero-order chi connectivity index (χ0) is 21.6. The summed E-state index contributed by atoms with van der Waals surface area (Å²) in [6, 6.07) is 10.8. The van der Waals surface area contributed by atoms with Crippen LogP contribution in [0.2, 0.25) is 0 Å². The van der Waals surface area contributed by atoms with Crippen molar-refractivity contribution in [2.75, 3.05) is 36.5 Å². The molecule has 1 atom stereocenters. The van der Waals surface area contributed by atoms with Crippen LogP contribution >= 0.6 is 0 Å². The van der Waals surface area contributed by atoms with Crippen molar-refractivity contribution in [1.82, 2.24) is 5.32 Å². The number of nitrogens with zero attached hydrogens (tertiary/aromatic N) is 1. The highest BCUT2D eigenvalue weighted by molar-refractivity contribution is 6.06. The van der Waals surface area contributed by atoms with E-state index in [1.807, 2.05) is 12.1 Å². The van der Waals surface area contributed by atoms with Gasteiger partial charge in [0.1, 0.15) is 5.82 Å². The third kappa shape index (κ3) is 5.41. The first-order valence-corrected chi connectivity index (χ1v) is 11.0. The highest BCUT2D eigenvalue weighted by atomic mass is 19.1. The summed E-state index contributed by atoms with van der Waals surface area (Å²) in [6.07, 6.45) is 5.42. The molecule has 2 amide bonds. The van der Waals surface area contributed by atoms with E-state index in [9.17, 15) is 14.0 Å². The number of amides is 2. The van der Waals surface area contributed by atoms with Crippen LogP contribution < -0.4 is 15.5 Å². The van der Waals surface area contributed by atoms with Gasteiger partial charge in [0.05, 0.1) is 11.7 Å². The first-order valence-electron chi connectivity index (χ1n) is 11.0. The van der Waals surface area contributed by atoms with E-state index in [0.717, 1.165) is 51.1 Å². The number of halogens is 1. The molecule has 2 aliphatic rings. The molecule has 0 saturated carbocycles. The largest absolute Gasteiger partial charge is 0.376 e. The van der Waals surface area contributed by atoms with Crippen molar-refractivity contribution in [1.29, 1.82) is 0 Å². The molecule has 2 saturated heterocycles. The van der Waals surface area contributed by atoms with Gasteiger partial charge < -0.3 is 20.3 Å². The van der Waals surface area contributed by atoms with Crippen molar-refractivity contribution in [3.8, 4) is 0 Å². The van der Waals surface area contributed by atoms with Gasteiger partial charge in [-0.15, -0.1) is 0 Å². The van der Waals surface area contributed by atoms with E-state index in [1.54, 1.807) is 6.07 Å². The summed E-state index contributed by atoms with van der Waals surface area (Å²) in [6.45, 7) is 3.04. The lowest BCUT2D eigenvalue weighted by Crippen LogP contribution is -2.35. The molecular formula is C24H28FN3O3. The standard InChI is InChI=1S/C24H28FN3O3/c25-18-8-6-17(7-9-18)23(29)27-19-10-11-22(28-12-2-1-3-13-28)21(15-19)24(30)26-16-20-5-4-14-31-20/h6-11,15,20H,1-5,12-14,16H2,(H,26,30)(H,27,29). The lowest BCUT2D eigenvalue weighted by Gasteiger charge is -2.30. The minimum atomic E-state index is -0.396. The van der Waals surface area contributed by atoms with Crippen molar-refractivity contribution in [2.45, 2.75) is 38.2 Å². The van der Waals surface area contributed by atoms with Crippen molar-refractivity contribution < 1.29 is 18.7 Å². The van der Waals surface area contributed by atoms with Crippen LogP contribution in [-0.2, 0) is 4.74 Å². The molecule has 164 valence electrons. The molecule has 0 aromatic heterocycles. The minimum Gasteiger partial charge on any atom is -0.376 e. The number of carbonyl (C=O) groups is 2. The van der Waals surface area contributed by atoms with E-state index in [0.29, 0.717) is 23.4 Å². The number of rotatable bonds is 6. The Kier molecular flexibility index (Phi) is 6.82. The van der Waals surface area contributed by atoms with Crippen LogP contribution in [0.1, 0.15) is 52.8 Å². The molecule has 2 fully saturated rings. The summed E-state index contributed by atoms with van der Waals surface area (Å²) in [7, 11) is 0. The number of piperidine rings is 1. The van der Waals surface area contributed by atoms with Crippen LogP contribution in [0.5, 0.6) is 0 Å². The van der Waals surface area contributed by atoms with Crippen LogP contribution in [0.25, 0.3) is 0 Å². The molecule has 1 unspecified atom stereocenters. The molecule has 4 rings (SSSR count). The number of anilines is 2. The number of nitrogens with one attached hydrogen (secondary N) is 2. The molecule has 2 aliphatic heterocycles. The fourth-order valence-corrected chi connectivity index (χ4v) is 4.12. The van der Waals surface area contributed by atoms with Gasteiger partial charge >= 0.3 is 0 Å². The smallest absolute Gasteiger partial charge is 0.255 e. The van der Waals surface area contributed by atoms with E-state index in [2.05, 4.69) is 15.5 Å². The number of benzene rings is 2. The zero-order valence-corrected chi connectivity index (χ0v) is 17.5.